The summed E-state index contributed by atoms with van der Waals surface area (Å²) in [6.07, 6.45) is 4.85. The summed E-state index contributed by atoms with van der Waals surface area (Å²) < 4.78 is 13.2. The number of nitrogens with two attached hydrogens (primary N) is 1. The van der Waals surface area contributed by atoms with Crippen LogP contribution in [0.2, 0.25) is 0 Å². The molecule has 0 aromatic heterocycles. The molecule has 3 heteroatoms. The van der Waals surface area contributed by atoms with Gasteiger partial charge in [0.15, 0.2) is 0 Å². The lowest BCUT2D eigenvalue weighted by Crippen LogP contribution is -2.33. The van der Waals surface area contributed by atoms with Crippen molar-refractivity contribution in [1.29, 1.82) is 0 Å². The Morgan fingerprint density at radius 3 is 2.94 bits per heavy atom. The molecular weight excluding hydrogens is 203 g/mol. The van der Waals surface area contributed by atoms with Crippen LogP contribution in [0, 0.1) is 5.82 Å². The van der Waals surface area contributed by atoms with E-state index in [4.69, 9.17) is 5.73 Å². The van der Waals surface area contributed by atoms with Crippen molar-refractivity contribution in [3.8, 4) is 0 Å². The van der Waals surface area contributed by atoms with E-state index in [9.17, 15) is 4.39 Å². The molecule has 1 atom stereocenters. The van der Waals surface area contributed by atoms with Crippen molar-refractivity contribution in [3.05, 3.63) is 24.0 Å². The van der Waals surface area contributed by atoms with Gasteiger partial charge in [0.1, 0.15) is 5.82 Å². The number of hydrogen-bond acceptors (Lipinski definition) is 2. The third-order valence-electron chi connectivity index (χ3n) is 3.35. The van der Waals surface area contributed by atoms with Gasteiger partial charge in [0.25, 0.3) is 0 Å². The van der Waals surface area contributed by atoms with Crippen LogP contribution in [0.3, 0.4) is 0 Å². The first-order valence-corrected chi connectivity index (χ1v) is 6.00. The summed E-state index contributed by atoms with van der Waals surface area (Å²) in [7, 11) is 0. The summed E-state index contributed by atoms with van der Waals surface area (Å²) in [5, 5.41) is 0. The minimum atomic E-state index is -0.208. The molecule has 1 heterocycles. The van der Waals surface area contributed by atoms with Crippen molar-refractivity contribution in [2.24, 2.45) is 0 Å². The zero-order chi connectivity index (χ0) is 11.5. The fourth-order valence-corrected chi connectivity index (χ4v) is 2.40. The summed E-state index contributed by atoms with van der Waals surface area (Å²) in [6.45, 7) is 3.17. The van der Waals surface area contributed by atoms with Crippen molar-refractivity contribution in [2.45, 2.75) is 38.6 Å². The number of nitrogens with zero attached hydrogens (tertiary/aromatic N) is 1. The lowest BCUT2D eigenvalue weighted by atomic mass is 10.1. The molecule has 88 valence electrons. The number of benzene rings is 1. The van der Waals surface area contributed by atoms with Gasteiger partial charge in [-0.2, -0.15) is 0 Å². The topological polar surface area (TPSA) is 29.3 Å². The molecule has 2 N–H and O–H groups in total. The van der Waals surface area contributed by atoms with Gasteiger partial charge in [-0.1, -0.05) is 12.8 Å². The highest BCUT2D eigenvalue weighted by molar-refractivity contribution is 5.68. The van der Waals surface area contributed by atoms with E-state index < -0.39 is 0 Å². The van der Waals surface area contributed by atoms with Crippen LogP contribution in [0.5, 0.6) is 0 Å². The molecule has 0 spiro atoms. The molecule has 1 fully saturated rings. The average molecular weight is 222 g/mol. The SMILES string of the molecule is CC1CCCCCN1c1cc(F)ccc1N. The molecular formula is C13H19FN2. The Kier molecular flexibility index (Phi) is 3.32. The van der Waals surface area contributed by atoms with E-state index in [1.165, 1.54) is 25.3 Å². The molecule has 1 aliphatic heterocycles. The predicted molar refractivity (Wildman–Crippen MR) is 66.1 cm³/mol. The molecule has 2 nitrogen and oxygen atoms in total. The molecule has 1 saturated heterocycles. The van der Waals surface area contributed by atoms with E-state index in [1.54, 1.807) is 12.1 Å². The van der Waals surface area contributed by atoms with Gasteiger partial charge in [-0.15, -0.1) is 0 Å². The third kappa shape index (κ3) is 2.29. The van der Waals surface area contributed by atoms with E-state index in [-0.39, 0.29) is 5.82 Å². The molecule has 1 unspecified atom stereocenters. The van der Waals surface area contributed by atoms with Gasteiger partial charge >= 0.3 is 0 Å². The first-order chi connectivity index (χ1) is 7.68. The van der Waals surface area contributed by atoms with Crippen LogP contribution in [0.15, 0.2) is 18.2 Å². The first kappa shape index (κ1) is 11.2. The van der Waals surface area contributed by atoms with Crippen LogP contribution in [-0.2, 0) is 0 Å². The fraction of sp³-hybridized carbons (Fsp3) is 0.538. The standard InChI is InChI=1S/C13H19FN2/c1-10-5-3-2-4-8-16(10)13-9-11(14)6-7-12(13)15/h6-7,9-10H,2-5,8,15H2,1H3. The lowest BCUT2D eigenvalue weighted by Gasteiger charge is -2.30. The van der Waals surface area contributed by atoms with Gasteiger partial charge < -0.3 is 10.6 Å². The molecule has 0 bridgehead atoms. The molecule has 1 aromatic rings. The fourth-order valence-electron chi connectivity index (χ4n) is 2.40. The van der Waals surface area contributed by atoms with E-state index in [2.05, 4.69) is 11.8 Å². The largest absolute Gasteiger partial charge is 0.397 e. The van der Waals surface area contributed by atoms with Gasteiger partial charge in [-0.05, 0) is 38.0 Å². The number of halogens is 1. The zero-order valence-electron chi connectivity index (χ0n) is 9.75. The summed E-state index contributed by atoms with van der Waals surface area (Å²) in [4.78, 5) is 2.24. The monoisotopic (exact) mass is 222 g/mol. The molecule has 0 aliphatic carbocycles. The summed E-state index contributed by atoms with van der Waals surface area (Å²) >= 11 is 0. The van der Waals surface area contributed by atoms with Gasteiger partial charge in [-0.25, -0.2) is 4.39 Å². The van der Waals surface area contributed by atoms with Crippen LogP contribution in [-0.4, -0.2) is 12.6 Å². The summed E-state index contributed by atoms with van der Waals surface area (Å²) in [6, 6.07) is 5.08. The van der Waals surface area contributed by atoms with E-state index in [0.717, 1.165) is 18.7 Å². The second-order valence-electron chi connectivity index (χ2n) is 4.59. The van der Waals surface area contributed by atoms with Crippen LogP contribution < -0.4 is 10.6 Å². The van der Waals surface area contributed by atoms with Crippen LogP contribution in [0.25, 0.3) is 0 Å². The highest BCUT2D eigenvalue weighted by Crippen LogP contribution is 2.29. The molecule has 16 heavy (non-hydrogen) atoms. The Balaban J connectivity index is 2.29. The maximum Gasteiger partial charge on any atom is 0.125 e. The van der Waals surface area contributed by atoms with Crippen molar-refractivity contribution in [2.75, 3.05) is 17.2 Å². The molecule has 2 rings (SSSR count). The van der Waals surface area contributed by atoms with Gasteiger partial charge in [0.05, 0.1) is 11.4 Å². The predicted octanol–water partition coefficient (Wildman–Crippen LogP) is 3.18. The Morgan fingerprint density at radius 2 is 2.12 bits per heavy atom. The lowest BCUT2D eigenvalue weighted by molar-refractivity contribution is 0.606. The second-order valence-corrected chi connectivity index (χ2v) is 4.59. The maximum absolute atomic E-state index is 13.2. The quantitative estimate of drug-likeness (QED) is 0.739. The van der Waals surface area contributed by atoms with E-state index in [1.807, 2.05) is 0 Å². The smallest absolute Gasteiger partial charge is 0.125 e. The Hall–Kier alpha value is -1.25. The van der Waals surface area contributed by atoms with E-state index in [0.29, 0.717) is 11.7 Å². The summed E-state index contributed by atoms with van der Waals surface area (Å²) in [5.74, 6) is -0.208. The minimum Gasteiger partial charge on any atom is -0.397 e. The summed E-state index contributed by atoms with van der Waals surface area (Å²) in [5.41, 5.74) is 7.46. The Labute approximate surface area is 96.2 Å². The highest BCUT2D eigenvalue weighted by Gasteiger charge is 2.19. The normalized spacial score (nSPS) is 21.9. The van der Waals surface area contributed by atoms with Crippen molar-refractivity contribution < 1.29 is 4.39 Å². The van der Waals surface area contributed by atoms with Gasteiger partial charge in [0.2, 0.25) is 0 Å². The second kappa shape index (κ2) is 4.73. The zero-order valence-corrected chi connectivity index (χ0v) is 9.75. The van der Waals surface area contributed by atoms with Crippen molar-refractivity contribution in [1.82, 2.24) is 0 Å². The maximum atomic E-state index is 13.2. The number of nitrogen functional groups attached to an aromatic ring is 1. The van der Waals surface area contributed by atoms with Crippen LogP contribution in [0.1, 0.15) is 32.6 Å². The Morgan fingerprint density at radius 1 is 1.31 bits per heavy atom. The van der Waals surface area contributed by atoms with Crippen molar-refractivity contribution in [3.63, 3.8) is 0 Å². The highest BCUT2D eigenvalue weighted by atomic mass is 19.1. The molecule has 1 aromatic carbocycles. The Bertz CT molecular complexity index is 365. The van der Waals surface area contributed by atoms with Crippen molar-refractivity contribution >= 4 is 11.4 Å². The molecule has 0 radical (unpaired) electrons. The van der Waals surface area contributed by atoms with Gasteiger partial charge in [0, 0.05) is 12.6 Å². The van der Waals surface area contributed by atoms with Crippen LogP contribution >= 0.6 is 0 Å². The first-order valence-electron chi connectivity index (χ1n) is 6.00. The van der Waals surface area contributed by atoms with Gasteiger partial charge in [-0.3, -0.25) is 0 Å². The van der Waals surface area contributed by atoms with E-state index >= 15 is 0 Å². The van der Waals surface area contributed by atoms with Crippen LogP contribution in [0.4, 0.5) is 15.8 Å². The molecule has 1 aliphatic rings. The number of hydrogen-bond donors (Lipinski definition) is 1. The average Bonchev–Trinajstić information content (AvgIpc) is 2.47. The molecule has 0 amide bonds. The number of anilines is 2. The third-order valence-corrected chi connectivity index (χ3v) is 3.35. The minimum absolute atomic E-state index is 0.208. The number of rotatable bonds is 1. The molecule has 0 saturated carbocycles.